The molecule has 162 valence electrons. The molecule has 1 atom stereocenters. The smallest absolute Gasteiger partial charge is 0.409 e. The molecule has 1 aliphatic heterocycles. The lowest BCUT2D eigenvalue weighted by molar-refractivity contribution is 0.0962. The van der Waals surface area contributed by atoms with Crippen LogP contribution in [-0.2, 0) is 9.47 Å². The van der Waals surface area contributed by atoms with Crippen molar-refractivity contribution in [3.8, 4) is 0 Å². The van der Waals surface area contributed by atoms with E-state index in [9.17, 15) is 9.59 Å². The lowest BCUT2D eigenvalue weighted by atomic mass is 10.0. The molecule has 0 aromatic heterocycles. The van der Waals surface area contributed by atoms with Gasteiger partial charge in [0.15, 0.2) is 5.96 Å². The molecule has 0 aromatic carbocycles. The number of nitrogens with zero attached hydrogens (tertiary/aromatic N) is 2. The zero-order chi connectivity index (χ0) is 20.9. The minimum Gasteiger partial charge on any atom is -0.450 e. The largest absolute Gasteiger partial charge is 0.450 e. The van der Waals surface area contributed by atoms with Gasteiger partial charge in [0.2, 0.25) is 0 Å². The molecule has 0 aromatic rings. The van der Waals surface area contributed by atoms with Crippen LogP contribution in [-0.4, -0.2) is 75.0 Å². The van der Waals surface area contributed by atoms with E-state index in [4.69, 9.17) is 9.47 Å². The number of guanidine groups is 1. The Morgan fingerprint density at radius 1 is 1.14 bits per heavy atom. The molecule has 1 aliphatic rings. The third-order valence-corrected chi connectivity index (χ3v) is 4.45. The molecule has 1 rings (SSSR count). The summed E-state index contributed by atoms with van der Waals surface area (Å²) in [4.78, 5) is 29.5. The summed E-state index contributed by atoms with van der Waals surface area (Å²) in [5, 5.41) is 9.59. The fraction of sp³-hybridized carbons (Fsp3) is 0.842. The van der Waals surface area contributed by atoms with Gasteiger partial charge in [-0.15, -0.1) is 0 Å². The molecule has 1 heterocycles. The number of aliphatic imine (C=N–C) groups is 1. The molecule has 0 spiro atoms. The van der Waals surface area contributed by atoms with Gasteiger partial charge in [0, 0.05) is 38.8 Å². The maximum atomic E-state index is 11.8. The van der Waals surface area contributed by atoms with Crippen molar-refractivity contribution < 1.29 is 19.1 Å². The maximum absolute atomic E-state index is 11.8. The van der Waals surface area contributed by atoms with Crippen LogP contribution in [0.2, 0.25) is 0 Å². The predicted molar refractivity (Wildman–Crippen MR) is 110 cm³/mol. The predicted octanol–water partition coefficient (Wildman–Crippen LogP) is 1.93. The van der Waals surface area contributed by atoms with Crippen LogP contribution in [0.4, 0.5) is 9.59 Å². The number of carbonyl (C=O) groups is 2. The molecule has 1 saturated heterocycles. The van der Waals surface area contributed by atoms with Crippen LogP contribution < -0.4 is 16.0 Å². The van der Waals surface area contributed by atoms with Crippen LogP contribution in [0.15, 0.2) is 4.99 Å². The van der Waals surface area contributed by atoms with Crippen molar-refractivity contribution in [1.82, 2.24) is 20.9 Å². The second-order valence-electron chi connectivity index (χ2n) is 7.25. The molecule has 28 heavy (non-hydrogen) atoms. The van der Waals surface area contributed by atoms with Crippen molar-refractivity contribution in [2.24, 2.45) is 10.9 Å². The van der Waals surface area contributed by atoms with E-state index in [2.05, 4.69) is 34.8 Å². The van der Waals surface area contributed by atoms with E-state index in [0.717, 1.165) is 19.3 Å². The molecule has 0 saturated carbocycles. The highest BCUT2D eigenvalue weighted by Crippen LogP contribution is 2.11. The van der Waals surface area contributed by atoms with Gasteiger partial charge in [-0.25, -0.2) is 9.59 Å². The number of nitrogens with one attached hydrogen (secondary N) is 3. The zero-order valence-electron chi connectivity index (χ0n) is 17.9. The number of rotatable bonds is 8. The van der Waals surface area contributed by atoms with E-state index >= 15 is 0 Å². The zero-order valence-corrected chi connectivity index (χ0v) is 17.9. The van der Waals surface area contributed by atoms with Crippen molar-refractivity contribution >= 4 is 18.1 Å². The first-order valence-corrected chi connectivity index (χ1v) is 10.2. The van der Waals surface area contributed by atoms with Gasteiger partial charge in [0.1, 0.15) is 0 Å². The summed E-state index contributed by atoms with van der Waals surface area (Å²) >= 11 is 0. The molecule has 0 aliphatic carbocycles. The lowest BCUT2D eigenvalue weighted by Crippen LogP contribution is -2.52. The minimum absolute atomic E-state index is 0.0525. The van der Waals surface area contributed by atoms with Gasteiger partial charge in [-0.2, -0.15) is 0 Å². The number of amides is 2. The average Bonchev–Trinajstić information content (AvgIpc) is 2.65. The molecule has 9 nitrogen and oxygen atoms in total. The Kier molecular flexibility index (Phi) is 11.1. The minimum atomic E-state index is -0.399. The Hall–Kier alpha value is -2.19. The highest BCUT2D eigenvalue weighted by molar-refractivity contribution is 5.80. The number of ether oxygens (including phenoxy) is 2. The first kappa shape index (κ1) is 23.8. The van der Waals surface area contributed by atoms with Gasteiger partial charge >= 0.3 is 12.2 Å². The van der Waals surface area contributed by atoms with Crippen molar-refractivity contribution in [2.75, 3.05) is 39.9 Å². The summed E-state index contributed by atoms with van der Waals surface area (Å²) in [6, 6.07) is 0.182. The summed E-state index contributed by atoms with van der Waals surface area (Å²) in [5.74, 6) is 1.13. The van der Waals surface area contributed by atoms with E-state index in [1.807, 2.05) is 6.92 Å². The van der Waals surface area contributed by atoms with Crippen LogP contribution in [0.1, 0.15) is 47.0 Å². The second kappa shape index (κ2) is 13.1. The van der Waals surface area contributed by atoms with Crippen LogP contribution in [0.3, 0.4) is 0 Å². The van der Waals surface area contributed by atoms with Gasteiger partial charge in [-0.05, 0) is 39.0 Å². The van der Waals surface area contributed by atoms with Gasteiger partial charge in [-0.1, -0.05) is 13.8 Å². The molecule has 1 unspecified atom stereocenters. The number of hydrogen-bond donors (Lipinski definition) is 3. The number of piperidine rings is 1. The van der Waals surface area contributed by atoms with Crippen LogP contribution >= 0.6 is 0 Å². The van der Waals surface area contributed by atoms with Gasteiger partial charge in [0.25, 0.3) is 0 Å². The van der Waals surface area contributed by atoms with Gasteiger partial charge in [0.05, 0.1) is 13.2 Å². The van der Waals surface area contributed by atoms with E-state index in [1.165, 1.54) is 0 Å². The fourth-order valence-corrected chi connectivity index (χ4v) is 3.13. The third kappa shape index (κ3) is 9.14. The van der Waals surface area contributed by atoms with Gasteiger partial charge in [-0.3, -0.25) is 4.99 Å². The Labute approximate surface area is 168 Å². The van der Waals surface area contributed by atoms with Gasteiger partial charge < -0.3 is 30.3 Å². The van der Waals surface area contributed by atoms with Crippen LogP contribution in [0, 0.1) is 5.92 Å². The highest BCUT2D eigenvalue weighted by Gasteiger charge is 2.24. The Morgan fingerprint density at radius 3 is 2.32 bits per heavy atom. The number of carbonyl (C=O) groups excluding carboxylic acids is 2. The molecular weight excluding hydrogens is 362 g/mol. The summed E-state index contributed by atoms with van der Waals surface area (Å²) in [6.07, 6.45) is 1.85. The highest BCUT2D eigenvalue weighted by atomic mass is 16.6. The van der Waals surface area contributed by atoms with Crippen molar-refractivity contribution in [3.05, 3.63) is 0 Å². The maximum Gasteiger partial charge on any atom is 0.409 e. The first-order chi connectivity index (χ1) is 13.4. The monoisotopic (exact) mass is 399 g/mol. The molecule has 9 heteroatoms. The van der Waals surface area contributed by atoms with Crippen molar-refractivity contribution in [2.45, 2.75) is 59.0 Å². The van der Waals surface area contributed by atoms with Crippen molar-refractivity contribution in [3.63, 3.8) is 0 Å². The third-order valence-electron chi connectivity index (χ3n) is 4.45. The van der Waals surface area contributed by atoms with E-state index in [-0.39, 0.29) is 18.2 Å². The Balaban J connectivity index is 2.46. The van der Waals surface area contributed by atoms with Crippen molar-refractivity contribution in [1.29, 1.82) is 0 Å². The van der Waals surface area contributed by atoms with E-state index in [1.54, 1.807) is 18.9 Å². The quantitative estimate of drug-likeness (QED) is 0.426. The normalized spacial score (nSPS) is 16.5. The molecule has 2 amide bonds. The second-order valence-corrected chi connectivity index (χ2v) is 7.25. The fourth-order valence-electron chi connectivity index (χ4n) is 3.13. The van der Waals surface area contributed by atoms with E-state index in [0.29, 0.717) is 44.7 Å². The summed E-state index contributed by atoms with van der Waals surface area (Å²) in [7, 11) is 1.72. The summed E-state index contributed by atoms with van der Waals surface area (Å²) in [6.45, 7) is 10.4. The average molecular weight is 400 g/mol. The molecule has 3 N–H and O–H groups in total. The summed E-state index contributed by atoms with van der Waals surface area (Å²) in [5.41, 5.74) is 0. The number of alkyl carbamates (subject to hydrolysis) is 1. The molecule has 1 fully saturated rings. The standard InChI is InChI=1S/C19H37N5O4/c1-6-27-18(25)23-16(12-14(3)4)13-21-17(20-5)22-15-8-10-24(11-9-15)19(26)28-7-2/h14-16H,6-13H2,1-5H3,(H,23,25)(H2,20,21,22). The summed E-state index contributed by atoms with van der Waals surface area (Å²) < 4.78 is 10.0. The Morgan fingerprint density at radius 2 is 1.79 bits per heavy atom. The number of likely N-dealkylation sites (tertiary alicyclic amines) is 1. The molecule has 0 radical (unpaired) electrons. The lowest BCUT2D eigenvalue weighted by Gasteiger charge is -2.32. The number of hydrogen-bond acceptors (Lipinski definition) is 5. The van der Waals surface area contributed by atoms with Crippen LogP contribution in [0.25, 0.3) is 0 Å². The Bertz CT molecular complexity index is 505. The SMILES string of the molecule is CCOC(=O)NC(CNC(=NC)NC1CCN(C(=O)OCC)CC1)CC(C)C. The topological polar surface area (TPSA) is 104 Å². The molecular formula is C19H37N5O4. The van der Waals surface area contributed by atoms with Crippen LogP contribution in [0.5, 0.6) is 0 Å². The van der Waals surface area contributed by atoms with E-state index < -0.39 is 6.09 Å². The molecule has 0 bridgehead atoms. The first-order valence-electron chi connectivity index (χ1n) is 10.2.